The van der Waals surface area contributed by atoms with E-state index in [0.29, 0.717) is 0 Å². The maximum Gasteiger partial charge on any atom is -1.00 e. The van der Waals surface area contributed by atoms with Crippen molar-refractivity contribution in [1.29, 1.82) is 0 Å². The van der Waals surface area contributed by atoms with Crippen molar-refractivity contribution < 1.29 is 45.7 Å². The molecule has 0 bridgehead atoms. The molecule has 0 fully saturated rings. The molecule has 2 aliphatic carbocycles. The van der Waals surface area contributed by atoms with Crippen molar-refractivity contribution >= 4 is 5.92 Å². The molecule has 0 N–H and O–H groups in total. The third-order valence-electron chi connectivity index (χ3n) is 3.35. The maximum absolute atomic E-state index is 2.63. The first-order valence-corrected chi connectivity index (χ1v) is 15.6. The van der Waals surface area contributed by atoms with Gasteiger partial charge in [0.2, 0.25) is 0 Å². The van der Waals surface area contributed by atoms with E-state index >= 15 is 0 Å². The van der Waals surface area contributed by atoms with Gasteiger partial charge in [-0.15, -0.1) is 0 Å². The second kappa shape index (κ2) is 8.29. The van der Waals surface area contributed by atoms with Crippen molar-refractivity contribution in [2.24, 2.45) is 0 Å². The summed E-state index contributed by atoms with van der Waals surface area (Å²) in [6, 6.07) is 0. The molecular weight excluding hydrogens is 334 g/mol. The molecule has 4 heteroatoms. The maximum atomic E-state index is 2.63. The molecule has 0 atom stereocenters. The van der Waals surface area contributed by atoms with Crippen LogP contribution < -0.4 is 24.8 Å². The fourth-order valence-electron chi connectivity index (χ4n) is 2.78. The molecule has 0 aromatic heterocycles. The molecule has 0 aromatic rings. The van der Waals surface area contributed by atoms with Gasteiger partial charge in [-0.25, -0.2) is 0 Å². The van der Waals surface area contributed by atoms with Gasteiger partial charge in [0.15, 0.2) is 0 Å². The second-order valence-electron chi connectivity index (χ2n) is 4.81. The van der Waals surface area contributed by atoms with Gasteiger partial charge in [-0.2, -0.15) is 0 Å². The van der Waals surface area contributed by atoms with Crippen LogP contribution in [0.15, 0.2) is 18.7 Å². The topological polar surface area (TPSA) is 0 Å². The van der Waals surface area contributed by atoms with Crippen LogP contribution in [0.25, 0.3) is 0 Å². The van der Waals surface area contributed by atoms with Crippen LogP contribution in [0.1, 0.15) is 38.5 Å². The van der Waals surface area contributed by atoms with E-state index < -0.39 is 20.9 Å². The van der Waals surface area contributed by atoms with E-state index in [9.17, 15) is 0 Å². The van der Waals surface area contributed by atoms with Crippen LogP contribution >= 0.6 is 0 Å². The Morgan fingerprint density at radius 1 is 0.938 bits per heavy atom. The summed E-state index contributed by atoms with van der Waals surface area (Å²) in [5, 5.41) is 0. The van der Waals surface area contributed by atoms with Crippen molar-refractivity contribution in [1.82, 2.24) is 0 Å². The summed E-state index contributed by atoms with van der Waals surface area (Å²) in [7, 11) is 0. The van der Waals surface area contributed by atoms with E-state index in [1.165, 1.54) is 38.5 Å². The van der Waals surface area contributed by atoms with Crippen molar-refractivity contribution in [3.8, 4) is 0 Å². The average Bonchev–Trinajstić information content (AvgIpc) is 2.75. The molecule has 2 aliphatic rings. The third kappa shape index (κ3) is 4.12. The third-order valence-corrected chi connectivity index (χ3v) is 23.0. The Morgan fingerprint density at radius 2 is 1.38 bits per heavy atom. The van der Waals surface area contributed by atoms with Gasteiger partial charge in [-0.1, -0.05) is 0 Å². The Bertz CT molecular complexity index is 250. The number of halogens is 2. The predicted octanol–water partition coefficient (Wildman–Crippen LogP) is -2.27. The van der Waals surface area contributed by atoms with Crippen LogP contribution in [0.4, 0.5) is 0 Å². The monoisotopic (exact) mass is 353 g/mol. The Kier molecular flexibility index (Phi) is 8.90. The van der Waals surface area contributed by atoms with Crippen molar-refractivity contribution in [3.05, 3.63) is 18.7 Å². The summed E-state index contributed by atoms with van der Waals surface area (Å²) in [4.78, 5) is 0. The zero-order chi connectivity index (χ0) is 9.97. The second-order valence-corrected chi connectivity index (χ2v) is 24.2. The van der Waals surface area contributed by atoms with E-state index in [1.807, 2.05) is 6.56 Å². The Hall–Kier alpha value is 1.16. The minimum Gasteiger partial charge on any atom is -1.00 e. The first kappa shape index (κ1) is 17.2. The van der Waals surface area contributed by atoms with Crippen LogP contribution in [0.2, 0.25) is 13.1 Å². The first-order valence-electron chi connectivity index (χ1n) is 6.04. The summed E-state index contributed by atoms with van der Waals surface area (Å²) in [6.45, 7) is 5.21. The van der Waals surface area contributed by atoms with E-state index in [-0.39, 0.29) is 30.7 Å². The summed E-state index contributed by atoms with van der Waals surface area (Å²) in [5.41, 5.74) is 0. The van der Waals surface area contributed by atoms with Gasteiger partial charge in [-0.3, -0.25) is 0 Å². The van der Waals surface area contributed by atoms with Crippen molar-refractivity contribution in [2.75, 3.05) is 0 Å². The smallest absolute Gasteiger partial charge is 1.00 e. The van der Waals surface area contributed by atoms with Crippen LogP contribution in [-0.2, 0) is 20.9 Å². The zero-order valence-corrected chi connectivity index (χ0v) is 15.4. The summed E-state index contributed by atoms with van der Waals surface area (Å²) in [6.07, 6.45) is 13.9. The molecule has 0 nitrogen and oxygen atoms in total. The van der Waals surface area contributed by atoms with Gasteiger partial charge >= 0.3 is 97.2 Å². The molecular formula is C12H21Cl2SiZr. The number of hydrogen-bond donors (Lipinski definition) is 0. The van der Waals surface area contributed by atoms with E-state index in [1.54, 1.807) is 0 Å². The molecule has 0 aliphatic heterocycles. The molecule has 0 unspecified atom stereocenters. The minimum atomic E-state index is -1.17. The first-order chi connectivity index (χ1) is 6.79. The van der Waals surface area contributed by atoms with Gasteiger partial charge in [0.05, 0.1) is 0 Å². The SMILES string of the molecule is C[SiH](C)[Zr+2]([C]1=CCCC1)[C]1=CCCC1.[Cl-].[Cl-]. The molecule has 0 aromatic carbocycles. The molecule has 0 spiro atoms. The van der Waals surface area contributed by atoms with Gasteiger partial charge in [-0.05, 0) is 0 Å². The zero-order valence-electron chi connectivity index (χ0n) is 10.2. The quantitative estimate of drug-likeness (QED) is 0.501. The summed E-state index contributed by atoms with van der Waals surface area (Å²) in [5.74, 6) is -0.332. The molecule has 0 saturated carbocycles. The fourth-order valence-corrected chi connectivity index (χ4v) is 23.3. The Morgan fingerprint density at radius 3 is 1.62 bits per heavy atom. The predicted molar refractivity (Wildman–Crippen MR) is 62.7 cm³/mol. The molecule has 0 heterocycles. The van der Waals surface area contributed by atoms with Gasteiger partial charge in [0.25, 0.3) is 0 Å². The van der Waals surface area contributed by atoms with Crippen molar-refractivity contribution in [3.63, 3.8) is 0 Å². The summed E-state index contributed by atoms with van der Waals surface area (Å²) >= 11 is -1.17. The largest absolute Gasteiger partial charge is 1.00 e. The van der Waals surface area contributed by atoms with E-state index in [4.69, 9.17) is 0 Å². The molecule has 0 amide bonds. The number of allylic oxidation sites excluding steroid dienone is 4. The van der Waals surface area contributed by atoms with E-state index in [2.05, 4.69) is 25.2 Å². The van der Waals surface area contributed by atoms with Crippen LogP contribution in [0.5, 0.6) is 0 Å². The van der Waals surface area contributed by atoms with Crippen LogP contribution in [-0.4, -0.2) is 5.92 Å². The minimum absolute atomic E-state index is 0. The van der Waals surface area contributed by atoms with Gasteiger partial charge in [0.1, 0.15) is 0 Å². The Labute approximate surface area is 121 Å². The van der Waals surface area contributed by atoms with Crippen molar-refractivity contribution in [2.45, 2.75) is 51.6 Å². The Balaban J connectivity index is 0.00000112. The fraction of sp³-hybridized carbons (Fsp3) is 0.667. The molecule has 0 radical (unpaired) electrons. The van der Waals surface area contributed by atoms with Crippen LogP contribution in [0.3, 0.4) is 0 Å². The van der Waals surface area contributed by atoms with Gasteiger partial charge < -0.3 is 24.8 Å². The summed E-state index contributed by atoms with van der Waals surface area (Å²) < 4.78 is 4.00. The molecule has 2 rings (SSSR count). The average molecular weight is 356 g/mol. The molecule has 16 heavy (non-hydrogen) atoms. The van der Waals surface area contributed by atoms with Crippen LogP contribution in [0, 0.1) is 0 Å². The molecule has 0 saturated heterocycles. The number of hydrogen-bond acceptors (Lipinski definition) is 0. The van der Waals surface area contributed by atoms with Gasteiger partial charge in [0, 0.05) is 0 Å². The normalized spacial score (nSPS) is 18.7. The number of rotatable bonds is 3. The standard InChI is InChI=1S/2C5H7.C2H7Si.2ClH.Zr/c2*1-2-4-5-3-1;1-3-2;;;/h2*1H,2,4-5H2;3H,1-2H3;2*1H;/q;;;;;+2/p-2. The van der Waals surface area contributed by atoms with E-state index in [0.717, 1.165) is 0 Å². The molecule has 91 valence electrons.